The molecule has 0 radical (unpaired) electrons. The van der Waals surface area contributed by atoms with Gasteiger partial charge in [0.05, 0.1) is 4.92 Å². The molecule has 0 atom stereocenters. The average Bonchev–Trinajstić information content (AvgIpc) is 2.45. The highest BCUT2D eigenvalue weighted by atomic mass is 16.6. The van der Waals surface area contributed by atoms with Crippen LogP contribution in [0.1, 0.15) is 18.1 Å². The van der Waals surface area contributed by atoms with Gasteiger partial charge in [-0.1, -0.05) is 31.2 Å². The monoisotopic (exact) mass is 272 g/mol. The lowest BCUT2D eigenvalue weighted by atomic mass is 10.1. The molecule has 0 spiro atoms. The van der Waals surface area contributed by atoms with Gasteiger partial charge in [0.25, 0.3) is 0 Å². The first-order valence-electron chi connectivity index (χ1n) is 6.33. The lowest BCUT2D eigenvalue weighted by molar-refractivity contribution is -0.384. The van der Waals surface area contributed by atoms with Gasteiger partial charge in [-0.05, 0) is 23.6 Å². The van der Waals surface area contributed by atoms with Crippen molar-refractivity contribution in [3.63, 3.8) is 0 Å². The number of anilines is 2. The summed E-state index contributed by atoms with van der Waals surface area (Å²) in [6, 6.07) is 11.0. The number of nitrogens with one attached hydrogen (secondary N) is 1. The Morgan fingerprint density at radius 3 is 2.55 bits per heavy atom. The van der Waals surface area contributed by atoms with E-state index in [9.17, 15) is 10.1 Å². The van der Waals surface area contributed by atoms with Crippen LogP contribution in [0.3, 0.4) is 0 Å². The Hall–Kier alpha value is -2.63. The number of rotatable bonds is 5. The van der Waals surface area contributed by atoms with Crippen LogP contribution in [0.2, 0.25) is 0 Å². The Bertz CT molecular complexity index is 628. The first kappa shape index (κ1) is 13.8. The smallest absolute Gasteiger partial charge is 0.311 e. The van der Waals surface area contributed by atoms with Gasteiger partial charge in [-0.2, -0.15) is 0 Å². The zero-order valence-electron chi connectivity index (χ0n) is 11.2. The molecule has 20 heavy (non-hydrogen) atoms. The number of nitro groups is 1. The average molecular weight is 272 g/mol. The van der Waals surface area contributed by atoms with E-state index in [1.807, 2.05) is 18.2 Å². The standard InChI is InChI=1S/C14H16N4O2/c1-2-10-5-3-4-6-11(10)9-16-13-8-7-12(18(19)20)14(15)17-13/h3-8H,2,9H2,1H3,(H3,15,16,17). The number of nitrogens with two attached hydrogens (primary N) is 1. The van der Waals surface area contributed by atoms with E-state index < -0.39 is 4.92 Å². The highest BCUT2D eigenvalue weighted by Gasteiger charge is 2.12. The van der Waals surface area contributed by atoms with Crippen LogP contribution in [0.15, 0.2) is 36.4 Å². The summed E-state index contributed by atoms with van der Waals surface area (Å²) in [5.41, 5.74) is 7.81. The van der Waals surface area contributed by atoms with Gasteiger partial charge in [-0.15, -0.1) is 0 Å². The van der Waals surface area contributed by atoms with Gasteiger partial charge in [-0.3, -0.25) is 10.1 Å². The lowest BCUT2D eigenvalue weighted by Crippen LogP contribution is -2.06. The van der Waals surface area contributed by atoms with E-state index in [4.69, 9.17) is 5.73 Å². The van der Waals surface area contributed by atoms with Gasteiger partial charge < -0.3 is 11.1 Å². The predicted molar refractivity (Wildman–Crippen MR) is 78.5 cm³/mol. The van der Waals surface area contributed by atoms with E-state index in [1.54, 1.807) is 6.07 Å². The van der Waals surface area contributed by atoms with Gasteiger partial charge >= 0.3 is 5.69 Å². The number of benzene rings is 1. The van der Waals surface area contributed by atoms with Crippen LogP contribution >= 0.6 is 0 Å². The van der Waals surface area contributed by atoms with Crippen LogP contribution in [-0.4, -0.2) is 9.91 Å². The first-order valence-corrected chi connectivity index (χ1v) is 6.33. The Morgan fingerprint density at radius 2 is 1.95 bits per heavy atom. The van der Waals surface area contributed by atoms with Crippen molar-refractivity contribution >= 4 is 17.3 Å². The maximum Gasteiger partial charge on any atom is 0.311 e. The number of aryl methyl sites for hydroxylation is 1. The number of pyridine rings is 1. The number of nitrogen functional groups attached to an aromatic ring is 1. The normalized spacial score (nSPS) is 10.2. The zero-order valence-corrected chi connectivity index (χ0v) is 11.2. The van der Waals surface area contributed by atoms with Crippen molar-refractivity contribution in [1.29, 1.82) is 0 Å². The van der Waals surface area contributed by atoms with Crippen LogP contribution in [0.4, 0.5) is 17.3 Å². The molecular weight excluding hydrogens is 256 g/mol. The summed E-state index contributed by atoms with van der Waals surface area (Å²) in [6.45, 7) is 2.70. The minimum Gasteiger partial charge on any atom is -0.378 e. The van der Waals surface area contributed by atoms with Gasteiger partial charge in [0, 0.05) is 12.6 Å². The van der Waals surface area contributed by atoms with E-state index >= 15 is 0 Å². The molecule has 1 aromatic carbocycles. The van der Waals surface area contributed by atoms with E-state index in [0.717, 1.165) is 6.42 Å². The largest absolute Gasteiger partial charge is 0.378 e. The molecule has 0 aliphatic heterocycles. The molecule has 0 saturated carbocycles. The zero-order chi connectivity index (χ0) is 14.5. The molecule has 1 heterocycles. The molecule has 2 aromatic rings. The summed E-state index contributed by atoms with van der Waals surface area (Å²) in [7, 11) is 0. The molecule has 0 amide bonds. The molecule has 0 saturated heterocycles. The van der Waals surface area contributed by atoms with Crippen LogP contribution in [0.25, 0.3) is 0 Å². The number of aromatic nitrogens is 1. The molecule has 3 N–H and O–H groups in total. The summed E-state index contributed by atoms with van der Waals surface area (Å²) in [4.78, 5) is 14.1. The molecule has 104 valence electrons. The third-order valence-corrected chi connectivity index (χ3v) is 3.06. The summed E-state index contributed by atoms with van der Waals surface area (Å²) in [5, 5.41) is 13.8. The molecule has 0 fully saturated rings. The van der Waals surface area contributed by atoms with Crippen molar-refractivity contribution in [3.8, 4) is 0 Å². The Labute approximate surface area is 116 Å². The maximum absolute atomic E-state index is 10.7. The number of nitrogens with zero attached hydrogens (tertiary/aromatic N) is 2. The Balaban J connectivity index is 2.11. The van der Waals surface area contributed by atoms with Crippen molar-refractivity contribution in [3.05, 3.63) is 57.6 Å². The van der Waals surface area contributed by atoms with Crippen molar-refractivity contribution in [2.75, 3.05) is 11.1 Å². The Kier molecular flexibility index (Phi) is 4.14. The third kappa shape index (κ3) is 3.03. The first-order chi connectivity index (χ1) is 9.61. The predicted octanol–water partition coefficient (Wildman–Crippen LogP) is 2.75. The van der Waals surface area contributed by atoms with Crippen LogP contribution in [0.5, 0.6) is 0 Å². The fourth-order valence-corrected chi connectivity index (χ4v) is 1.98. The SMILES string of the molecule is CCc1ccccc1CNc1ccc([N+](=O)[O-])c(N)n1. The molecule has 0 aliphatic rings. The van der Waals surface area contributed by atoms with Crippen LogP contribution < -0.4 is 11.1 Å². The van der Waals surface area contributed by atoms with Crippen molar-refractivity contribution in [2.24, 2.45) is 0 Å². The minimum absolute atomic E-state index is 0.0798. The maximum atomic E-state index is 10.7. The minimum atomic E-state index is -0.543. The second-order valence-electron chi connectivity index (χ2n) is 4.33. The second kappa shape index (κ2) is 6.01. The summed E-state index contributed by atoms with van der Waals surface area (Å²) >= 11 is 0. The summed E-state index contributed by atoms with van der Waals surface area (Å²) in [5.74, 6) is 0.447. The van der Waals surface area contributed by atoms with Crippen molar-refractivity contribution in [1.82, 2.24) is 4.98 Å². The highest BCUT2D eigenvalue weighted by Crippen LogP contribution is 2.21. The van der Waals surface area contributed by atoms with E-state index in [0.29, 0.717) is 12.4 Å². The molecular formula is C14H16N4O2. The van der Waals surface area contributed by atoms with Gasteiger partial charge in [0.2, 0.25) is 5.82 Å². The quantitative estimate of drug-likeness (QED) is 0.644. The number of hydrogen-bond donors (Lipinski definition) is 2. The highest BCUT2D eigenvalue weighted by molar-refractivity contribution is 5.57. The summed E-state index contributed by atoms with van der Waals surface area (Å²) < 4.78 is 0. The van der Waals surface area contributed by atoms with E-state index in [1.165, 1.54) is 17.2 Å². The topological polar surface area (TPSA) is 94.1 Å². The molecule has 6 nitrogen and oxygen atoms in total. The van der Waals surface area contributed by atoms with Crippen molar-refractivity contribution in [2.45, 2.75) is 19.9 Å². The molecule has 1 aromatic heterocycles. The third-order valence-electron chi connectivity index (χ3n) is 3.06. The molecule has 6 heteroatoms. The molecule has 2 rings (SSSR count). The molecule has 0 aliphatic carbocycles. The molecule has 0 bridgehead atoms. The summed E-state index contributed by atoms with van der Waals surface area (Å²) in [6.07, 6.45) is 0.952. The van der Waals surface area contributed by atoms with Gasteiger partial charge in [0.15, 0.2) is 0 Å². The lowest BCUT2D eigenvalue weighted by Gasteiger charge is -2.10. The molecule has 0 unspecified atom stereocenters. The van der Waals surface area contributed by atoms with E-state index in [2.05, 4.69) is 23.3 Å². The fraction of sp³-hybridized carbons (Fsp3) is 0.214. The van der Waals surface area contributed by atoms with Gasteiger partial charge in [0.1, 0.15) is 5.82 Å². The van der Waals surface area contributed by atoms with Crippen LogP contribution in [-0.2, 0) is 13.0 Å². The van der Waals surface area contributed by atoms with Crippen molar-refractivity contribution < 1.29 is 4.92 Å². The Morgan fingerprint density at radius 1 is 1.25 bits per heavy atom. The van der Waals surface area contributed by atoms with E-state index in [-0.39, 0.29) is 11.5 Å². The van der Waals surface area contributed by atoms with Crippen LogP contribution in [0, 0.1) is 10.1 Å². The second-order valence-corrected chi connectivity index (χ2v) is 4.33. The number of hydrogen-bond acceptors (Lipinski definition) is 5. The van der Waals surface area contributed by atoms with Gasteiger partial charge in [-0.25, -0.2) is 4.98 Å². The fourth-order valence-electron chi connectivity index (χ4n) is 1.98.